The van der Waals surface area contributed by atoms with Gasteiger partial charge in [-0.25, -0.2) is 0 Å². The second-order valence-corrected chi connectivity index (χ2v) is 5.30. The van der Waals surface area contributed by atoms with Gasteiger partial charge < -0.3 is 5.73 Å². The zero-order valence-corrected chi connectivity index (χ0v) is 10.8. The summed E-state index contributed by atoms with van der Waals surface area (Å²) >= 11 is 5.19. The van der Waals surface area contributed by atoms with Gasteiger partial charge in [0, 0.05) is 15.4 Å². The molecule has 1 atom stereocenters. The van der Waals surface area contributed by atoms with E-state index in [9.17, 15) is 0 Å². The Hall–Kier alpha value is -0.640. The Kier molecular flexibility index (Phi) is 2.96. The van der Waals surface area contributed by atoms with Crippen LogP contribution in [0.15, 0.2) is 45.6 Å². The molecule has 2 rings (SSSR count). The molecule has 1 aromatic carbocycles. The fraction of sp³-hybridized carbons (Fsp3) is 0.167. The van der Waals surface area contributed by atoms with Crippen LogP contribution in [-0.2, 0) is 5.54 Å². The predicted molar refractivity (Wildman–Crippen MR) is 69.1 cm³/mol. The summed E-state index contributed by atoms with van der Waals surface area (Å²) in [7, 11) is 0. The Bertz CT molecular complexity index is 448. The van der Waals surface area contributed by atoms with Crippen molar-refractivity contribution in [2.45, 2.75) is 12.5 Å². The Morgan fingerprint density at radius 2 is 1.87 bits per heavy atom. The normalized spacial score (nSPS) is 14.9. The highest BCUT2D eigenvalue weighted by atomic mass is 79.9. The van der Waals surface area contributed by atoms with Crippen molar-refractivity contribution >= 4 is 27.3 Å². The molecule has 1 aromatic heterocycles. The van der Waals surface area contributed by atoms with Gasteiger partial charge in [0.1, 0.15) is 0 Å². The molecular formula is C12H12BrNS. The van der Waals surface area contributed by atoms with Crippen molar-refractivity contribution < 1.29 is 0 Å². The molecule has 0 bridgehead atoms. The second kappa shape index (κ2) is 4.08. The molecule has 0 aliphatic rings. The molecule has 1 heterocycles. The lowest BCUT2D eigenvalue weighted by Gasteiger charge is -2.25. The molecule has 0 saturated carbocycles. The van der Waals surface area contributed by atoms with Crippen molar-refractivity contribution in [1.29, 1.82) is 0 Å². The Balaban J connectivity index is 2.48. The number of nitrogens with two attached hydrogens (primary N) is 1. The maximum atomic E-state index is 6.38. The van der Waals surface area contributed by atoms with Crippen LogP contribution in [0, 0.1) is 0 Å². The van der Waals surface area contributed by atoms with E-state index in [1.807, 2.05) is 25.1 Å². The monoisotopic (exact) mass is 281 g/mol. The smallest absolute Gasteiger partial charge is 0.0656 e. The molecule has 2 aromatic rings. The minimum Gasteiger partial charge on any atom is -0.318 e. The molecule has 0 fully saturated rings. The molecule has 0 aliphatic heterocycles. The van der Waals surface area contributed by atoms with Crippen molar-refractivity contribution in [3.05, 3.63) is 56.7 Å². The molecule has 78 valence electrons. The Morgan fingerprint density at radius 1 is 1.20 bits per heavy atom. The van der Waals surface area contributed by atoms with Gasteiger partial charge in [-0.3, -0.25) is 0 Å². The second-order valence-electron chi connectivity index (χ2n) is 3.70. The molecular weight excluding hydrogens is 270 g/mol. The maximum absolute atomic E-state index is 6.38. The third-order valence-corrected chi connectivity index (χ3v) is 4.25. The van der Waals surface area contributed by atoms with E-state index in [1.165, 1.54) is 0 Å². The fourth-order valence-corrected chi connectivity index (χ4v) is 3.42. The molecule has 1 unspecified atom stereocenters. The van der Waals surface area contributed by atoms with Crippen LogP contribution in [0.1, 0.15) is 18.1 Å². The number of hydrogen-bond acceptors (Lipinski definition) is 2. The van der Waals surface area contributed by atoms with E-state index < -0.39 is 5.54 Å². The van der Waals surface area contributed by atoms with E-state index in [1.54, 1.807) is 11.3 Å². The minimum absolute atomic E-state index is 0.430. The standard InChI is InChI=1S/C12H12BrNS/c1-12(14,9-5-3-2-4-6-9)10-7-15-8-11(10)13/h2-8H,14H2,1H3. The van der Waals surface area contributed by atoms with Gasteiger partial charge in [0.15, 0.2) is 0 Å². The number of hydrogen-bond donors (Lipinski definition) is 1. The van der Waals surface area contributed by atoms with Crippen molar-refractivity contribution in [1.82, 2.24) is 0 Å². The highest BCUT2D eigenvalue weighted by molar-refractivity contribution is 9.10. The SMILES string of the molecule is CC(N)(c1ccccc1)c1cscc1Br. The van der Waals surface area contributed by atoms with Crippen molar-refractivity contribution in [2.75, 3.05) is 0 Å². The zero-order valence-electron chi connectivity index (χ0n) is 8.41. The molecule has 0 saturated heterocycles. The highest BCUT2D eigenvalue weighted by Gasteiger charge is 2.26. The van der Waals surface area contributed by atoms with Gasteiger partial charge in [-0.05, 0) is 33.8 Å². The summed E-state index contributed by atoms with van der Waals surface area (Å²) in [6.07, 6.45) is 0. The number of halogens is 1. The average molecular weight is 282 g/mol. The summed E-state index contributed by atoms with van der Waals surface area (Å²) in [5.74, 6) is 0. The fourth-order valence-electron chi connectivity index (χ4n) is 1.59. The summed E-state index contributed by atoms with van der Waals surface area (Å²) in [4.78, 5) is 0. The van der Waals surface area contributed by atoms with Crippen LogP contribution in [0.3, 0.4) is 0 Å². The summed E-state index contributed by atoms with van der Waals surface area (Å²) < 4.78 is 1.08. The van der Waals surface area contributed by atoms with Gasteiger partial charge in [-0.1, -0.05) is 30.3 Å². The van der Waals surface area contributed by atoms with E-state index >= 15 is 0 Å². The lowest BCUT2D eigenvalue weighted by atomic mass is 9.88. The highest BCUT2D eigenvalue weighted by Crippen LogP contribution is 2.34. The first-order chi connectivity index (χ1) is 7.12. The summed E-state index contributed by atoms with van der Waals surface area (Å²) in [5, 5.41) is 4.15. The lowest BCUT2D eigenvalue weighted by Crippen LogP contribution is -2.34. The van der Waals surface area contributed by atoms with Crippen molar-refractivity contribution in [3.8, 4) is 0 Å². The molecule has 0 aliphatic carbocycles. The third kappa shape index (κ3) is 2.00. The average Bonchev–Trinajstić information content (AvgIpc) is 2.66. The van der Waals surface area contributed by atoms with Crippen LogP contribution < -0.4 is 5.73 Å². The van der Waals surface area contributed by atoms with Gasteiger partial charge in [0.25, 0.3) is 0 Å². The molecule has 15 heavy (non-hydrogen) atoms. The van der Waals surface area contributed by atoms with Gasteiger partial charge in [0.05, 0.1) is 5.54 Å². The van der Waals surface area contributed by atoms with Gasteiger partial charge in [0.2, 0.25) is 0 Å². The number of benzene rings is 1. The molecule has 0 radical (unpaired) electrons. The van der Waals surface area contributed by atoms with Crippen LogP contribution >= 0.6 is 27.3 Å². The van der Waals surface area contributed by atoms with Crippen LogP contribution in [0.2, 0.25) is 0 Å². The topological polar surface area (TPSA) is 26.0 Å². The first-order valence-corrected chi connectivity index (χ1v) is 6.42. The largest absolute Gasteiger partial charge is 0.318 e. The zero-order chi connectivity index (χ0) is 10.9. The first kappa shape index (κ1) is 10.9. The van der Waals surface area contributed by atoms with Gasteiger partial charge in [-0.15, -0.1) is 0 Å². The molecule has 0 amide bonds. The van der Waals surface area contributed by atoms with E-state index in [0.29, 0.717) is 0 Å². The van der Waals surface area contributed by atoms with Crippen molar-refractivity contribution in [3.63, 3.8) is 0 Å². The van der Waals surface area contributed by atoms with Crippen LogP contribution in [0.25, 0.3) is 0 Å². The van der Waals surface area contributed by atoms with Gasteiger partial charge in [-0.2, -0.15) is 11.3 Å². The van der Waals surface area contributed by atoms with Crippen LogP contribution in [0.5, 0.6) is 0 Å². The lowest BCUT2D eigenvalue weighted by molar-refractivity contribution is 0.603. The van der Waals surface area contributed by atoms with E-state index in [2.05, 4.69) is 38.8 Å². The molecule has 2 N–H and O–H groups in total. The first-order valence-electron chi connectivity index (χ1n) is 4.69. The summed E-state index contributed by atoms with van der Waals surface area (Å²) in [6.45, 7) is 2.04. The summed E-state index contributed by atoms with van der Waals surface area (Å²) in [5.41, 5.74) is 8.22. The Morgan fingerprint density at radius 3 is 2.40 bits per heavy atom. The molecule has 0 spiro atoms. The predicted octanol–water partition coefficient (Wildman–Crippen LogP) is 3.73. The van der Waals surface area contributed by atoms with Gasteiger partial charge >= 0.3 is 0 Å². The Labute approximate surface area is 102 Å². The number of rotatable bonds is 2. The van der Waals surface area contributed by atoms with Crippen LogP contribution in [0.4, 0.5) is 0 Å². The molecule has 3 heteroatoms. The van der Waals surface area contributed by atoms with E-state index in [-0.39, 0.29) is 0 Å². The van der Waals surface area contributed by atoms with E-state index in [0.717, 1.165) is 15.6 Å². The van der Waals surface area contributed by atoms with Crippen molar-refractivity contribution in [2.24, 2.45) is 5.73 Å². The maximum Gasteiger partial charge on any atom is 0.0656 e. The number of thiophene rings is 1. The van der Waals surface area contributed by atoms with Crippen LogP contribution in [-0.4, -0.2) is 0 Å². The minimum atomic E-state index is -0.430. The molecule has 1 nitrogen and oxygen atoms in total. The summed E-state index contributed by atoms with van der Waals surface area (Å²) in [6, 6.07) is 10.2. The van der Waals surface area contributed by atoms with E-state index in [4.69, 9.17) is 5.73 Å². The third-order valence-electron chi connectivity index (χ3n) is 2.55. The quantitative estimate of drug-likeness (QED) is 0.892.